The minimum Gasteiger partial charge on any atom is -0.452 e. The Morgan fingerprint density at radius 1 is 1.19 bits per heavy atom. The normalized spacial score (nSPS) is 9.88. The zero-order valence-electron chi connectivity index (χ0n) is 13.7. The second kappa shape index (κ2) is 9.42. The summed E-state index contributed by atoms with van der Waals surface area (Å²) in [4.78, 5) is 24.2. The van der Waals surface area contributed by atoms with E-state index in [9.17, 15) is 9.59 Å². The first-order chi connectivity index (χ1) is 12.5. The molecule has 8 heteroatoms. The lowest BCUT2D eigenvalue weighted by atomic mass is 10.2. The molecule has 0 bridgehead atoms. The van der Waals surface area contributed by atoms with Gasteiger partial charge in [0.15, 0.2) is 6.61 Å². The van der Waals surface area contributed by atoms with Crippen LogP contribution in [0.2, 0.25) is 5.02 Å². The van der Waals surface area contributed by atoms with Gasteiger partial charge < -0.3 is 20.5 Å². The standard InChI is InChI=1S/C18H16ClN3O4/c19-13-6-5-12(10-20)16(9-13)22-17(24)11-26-18(25)14-3-1-2-4-15(14)21-7-8-23/h1-6,9,21,23H,7-8,11H2,(H,22,24). The van der Waals surface area contributed by atoms with E-state index in [1.54, 1.807) is 24.3 Å². The number of esters is 1. The third-order valence-electron chi connectivity index (χ3n) is 3.28. The number of aliphatic hydroxyl groups is 1. The van der Waals surface area contributed by atoms with Crippen LogP contribution >= 0.6 is 11.6 Å². The second-order valence-corrected chi connectivity index (χ2v) is 5.56. The van der Waals surface area contributed by atoms with Gasteiger partial charge in [0.2, 0.25) is 0 Å². The Kier molecular flexibility index (Phi) is 6.97. The molecular weight excluding hydrogens is 358 g/mol. The molecule has 0 spiro atoms. The van der Waals surface area contributed by atoms with E-state index in [-0.39, 0.29) is 30.0 Å². The van der Waals surface area contributed by atoms with Crippen molar-refractivity contribution >= 4 is 34.9 Å². The van der Waals surface area contributed by atoms with Gasteiger partial charge in [-0.2, -0.15) is 5.26 Å². The minimum atomic E-state index is -0.687. The number of nitriles is 1. The van der Waals surface area contributed by atoms with Gasteiger partial charge in [-0.25, -0.2) is 4.79 Å². The monoisotopic (exact) mass is 373 g/mol. The molecule has 2 aromatic rings. The smallest absolute Gasteiger partial charge is 0.340 e. The summed E-state index contributed by atoms with van der Waals surface area (Å²) >= 11 is 5.85. The summed E-state index contributed by atoms with van der Waals surface area (Å²) in [6, 6.07) is 13.0. The highest BCUT2D eigenvalue weighted by molar-refractivity contribution is 6.31. The zero-order valence-corrected chi connectivity index (χ0v) is 14.4. The van der Waals surface area contributed by atoms with E-state index in [2.05, 4.69) is 10.6 Å². The number of hydrogen-bond acceptors (Lipinski definition) is 6. The summed E-state index contributed by atoms with van der Waals surface area (Å²) in [5, 5.41) is 23.6. The van der Waals surface area contributed by atoms with Crippen LogP contribution in [0.15, 0.2) is 42.5 Å². The van der Waals surface area contributed by atoms with E-state index in [4.69, 9.17) is 26.7 Å². The van der Waals surface area contributed by atoms with Crippen molar-refractivity contribution in [1.82, 2.24) is 0 Å². The minimum absolute atomic E-state index is 0.0906. The summed E-state index contributed by atoms with van der Waals surface area (Å²) in [6.07, 6.45) is 0. The van der Waals surface area contributed by atoms with E-state index in [0.717, 1.165) is 0 Å². The number of hydrogen-bond donors (Lipinski definition) is 3. The number of rotatable bonds is 7. The molecule has 1 amide bonds. The number of carbonyl (C=O) groups is 2. The molecule has 2 aromatic carbocycles. The number of para-hydroxylation sites is 1. The molecule has 0 saturated heterocycles. The van der Waals surface area contributed by atoms with Crippen molar-refractivity contribution in [2.24, 2.45) is 0 Å². The van der Waals surface area contributed by atoms with Crippen LogP contribution in [0.4, 0.5) is 11.4 Å². The van der Waals surface area contributed by atoms with Crippen LogP contribution < -0.4 is 10.6 Å². The van der Waals surface area contributed by atoms with Gasteiger partial charge in [-0.3, -0.25) is 4.79 Å². The number of aliphatic hydroxyl groups excluding tert-OH is 1. The van der Waals surface area contributed by atoms with Gasteiger partial charge >= 0.3 is 5.97 Å². The number of anilines is 2. The summed E-state index contributed by atoms with van der Waals surface area (Å²) in [5.41, 5.74) is 1.22. The third-order valence-corrected chi connectivity index (χ3v) is 3.52. The molecule has 0 fully saturated rings. The van der Waals surface area contributed by atoms with Crippen molar-refractivity contribution in [3.63, 3.8) is 0 Å². The Labute approximate surface area is 155 Å². The quantitative estimate of drug-likeness (QED) is 0.642. The lowest BCUT2D eigenvalue weighted by Crippen LogP contribution is -2.22. The highest BCUT2D eigenvalue weighted by Crippen LogP contribution is 2.20. The van der Waals surface area contributed by atoms with Crippen LogP contribution in [-0.2, 0) is 9.53 Å². The lowest BCUT2D eigenvalue weighted by molar-refractivity contribution is -0.119. The Morgan fingerprint density at radius 3 is 2.69 bits per heavy atom. The Bertz CT molecular complexity index is 849. The molecule has 0 aliphatic heterocycles. The first-order valence-electron chi connectivity index (χ1n) is 7.65. The molecule has 0 aliphatic rings. The number of nitrogens with one attached hydrogen (secondary N) is 2. The topological polar surface area (TPSA) is 111 Å². The van der Waals surface area contributed by atoms with E-state index >= 15 is 0 Å². The van der Waals surface area contributed by atoms with Gasteiger partial charge in [-0.15, -0.1) is 0 Å². The van der Waals surface area contributed by atoms with Crippen molar-refractivity contribution in [2.75, 3.05) is 30.4 Å². The van der Waals surface area contributed by atoms with E-state index in [1.807, 2.05) is 6.07 Å². The van der Waals surface area contributed by atoms with Crippen LogP contribution in [0.1, 0.15) is 15.9 Å². The highest BCUT2D eigenvalue weighted by atomic mass is 35.5. The summed E-state index contributed by atoms with van der Waals surface area (Å²) in [7, 11) is 0. The van der Waals surface area contributed by atoms with Crippen LogP contribution in [0.3, 0.4) is 0 Å². The van der Waals surface area contributed by atoms with Gasteiger partial charge in [-0.1, -0.05) is 23.7 Å². The van der Waals surface area contributed by atoms with Crippen molar-refractivity contribution in [2.45, 2.75) is 0 Å². The third kappa shape index (κ3) is 5.21. The fourth-order valence-electron chi connectivity index (χ4n) is 2.12. The summed E-state index contributed by atoms with van der Waals surface area (Å²) < 4.78 is 5.02. The number of ether oxygens (including phenoxy) is 1. The predicted molar refractivity (Wildman–Crippen MR) is 97.1 cm³/mol. The van der Waals surface area contributed by atoms with E-state index < -0.39 is 18.5 Å². The largest absolute Gasteiger partial charge is 0.452 e. The fraction of sp³-hybridized carbons (Fsp3) is 0.167. The number of nitrogens with zero attached hydrogens (tertiary/aromatic N) is 1. The van der Waals surface area contributed by atoms with Gasteiger partial charge in [0.25, 0.3) is 5.91 Å². The molecule has 2 rings (SSSR count). The van der Waals surface area contributed by atoms with Crippen molar-refractivity contribution in [1.29, 1.82) is 5.26 Å². The molecule has 0 aliphatic carbocycles. The van der Waals surface area contributed by atoms with Gasteiger partial charge in [0.05, 0.1) is 23.4 Å². The summed E-state index contributed by atoms with van der Waals surface area (Å²) in [6.45, 7) is -0.340. The molecule has 0 heterocycles. The lowest BCUT2D eigenvalue weighted by Gasteiger charge is -2.11. The molecule has 134 valence electrons. The SMILES string of the molecule is N#Cc1ccc(Cl)cc1NC(=O)COC(=O)c1ccccc1NCCO. The molecule has 0 atom stereocenters. The fourth-order valence-corrected chi connectivity index (χ4v) is 2.29. The number of halogens is 1. The van der Waals surface area contributed by atoms with Gasteiger partial charge in [0, 0.05) is 17.3 Å². The molecule has 26 heavy (non-hydrogen) atoms. The Hall–Kier alpha value is -3.08. The Morgan fingerprint density at radius 2 is 1.96 bits per heavy atom. The molecule has 7 nitrogen and oxygen atoms in total. The van der Waals surface area contributed by atoms with E-state index in [0.29, 0.717) is 10.7 Å². The van der Waals surface area contributed by atoms with Crippen molar-refractivity contribution < 1.29 is 19.4 Å². The van der Waals surface area contributed by atoms with Crippen LogP contribution in [0.25, 0.3) is 0 Å². The van der Waals surface area contributed by atoms with Gasteiger partial charge in [0.1, 0.15) is 6.07 Å². The van der Waals surface area contributed by atoms with Gasteiger partial charge in [-0.05, 0) is 30.3 Å². The maximum absolute atomic E-state index is 12.2. The Balaban J connectivity index is 1.99. The zero-order chi connectivity index (χ0) is 18.9. The van der Waals surface area contributed by atoms with Crippen LogP contribution in [-0.4, -0.2) is 36.7 Å². The molecule has 0 unspecified atom stereocenters. The first kappa shape index (κ1) is 19.2. The highest BCUT2D eigenvalue weighted by Gasteiger charge is 2.15. The predicted octanol–water partition coefficient (Wildman–Crippen LogP) is 2.41. The molecule has 0 radical (unpaired) electrons. The summed E-state index contributed by atoms with van der Waals surface area (Å²) in [5.74, 6) is -1.29. The number of benzene rings is 2. The maximum atomic E-state index is 12.2. The maximum Gasteiger partial charge on any atom is 0.340 e. The van der Waals surface area contributed by atoms with Crippen LogP contribution in [0, 0.1) is 11.3 Å². The average molecular weight is 374 g/mol. The van der Waals surface area contributed by atoms with E-state index in [1.165, 1.54) is 18.2 Å². The molecular formula is C18H16ClN3O4. The number of amides is 1. The van der Waals surface area contributed by atoms with Crippen molar-refractivity contribution in [3.05, 3.63) is 58.6 Å². The molecule has 0 saturated carbocycles. The van der Waals surface area contributed by atoms with Crippen molar-refractivity contribution in [3.8, 4) is 6.07 Å². The second-order valence-electron chi connectivity index (χ2n) is 5.12. The molecule has 3 N–H and O–H groups in total. The first-order valence-corrected chi connectivity index (χ1v) is 8.03. The average Bonchev–Trinajstić information content (AvgIpc) is 2.65. The number of carbonyl (C=O) groups excluding carboxylic acids is 2. The molecule has 0 aromatic heterocycles. The van der Waals surface area contributed by atoms with Crippen LogP contribution in [0.5, 0.6) is 0 Å².